The molecular formula is C19H21F3N6O3. The molecule has 3 aromatic rings. The highest BCUT2D eigenvalue weighted by molar-refractivity contribution is 5.83. The number of piperazine rings is 1. The van der Waals surface area contributed by atoms with Crippen LogP contribution in [0.5, 0.6) is 0 Å². The topological polar surface area (TPSA) is 89.5 Å². The summed E-state index contributed by atoms with van der Waals surface area (Å²) in [6, 6.07) is 6.27. The Morgan fingerprint density at radius 3 is 2.65 bits per heavy atom. The lowest BCUT2D eigenvalue weighted by molar-refractivity contribution is -0.162. The average molecular weight is 438 g/mol. The number of benzene rings is 1. The second kappa shape index (κ2) is 8.08. The van der Waals surface area contributed by atoms with Crippen LogP contribution in [0.2, 0.25) is 0 Å². The van der Waals surface area contributed by atoms with Crippen molar-refractivity contribution in [3.05, 3.63) is 24.4 Å². The fourth-order valence-electron chi connectivity index (χ4n) is 3.36. The van der Waals surface area contributed by atoms with E-state index >= 15 is 0 Å². The molecule has 0 radical (unpaired) electrons. The van der Waals surface area contributed by atoms with Crippen LogP contribution in [0.3, 0.4) is 0 Å². The Morgan fingerprint density at radius 2 is 1.97 bits per heavy atom. The summed E-state index contributed by atoms with van der Waals surface area (Å²) in [4.78, 5) is 19.2. The Labute approximate surface area is 175 Å². The van der Waals surface area contributed by atoms with Crippen LogP contribution in [0.4, 0.5) is 24.0 Å². The second-order valence-corrected chi connectivity index (χ2v) is 7.50. The first kappa shape index (κ1) is 20.9. The number of rotatable bonds is 4. The molecule has 1 saturated heterocycles. The standard InChI is InChI=1S/C19H21F3N6O3/c1-12(2)28-15-9-13(3-4-14(15)10-23-28)16-24-17(31-25-16)26-5-7-27(8-6-26)18(29)30-11-19(20,21)22/h3-4,9-10,12H,5-8,11H2,1-2H3. The van der Waals surface area contributed by atoms with Gasteiger partial charge in [-0.1, -0.05) is 17.3 Å². The molecule has 31 heavy (non-hydrogen) atoms. The monoisotopic (exact) mass is 438 g/mol. The molecule has 0 bridgehead atoms. The summed E-state index contributed by atoms with van der Waals surface area (Å²) in [5, 5.41) is 9.45. The van der Waals surface area contributed by atoms with Gasteiger partial charge in [0.15, 0.2) is 6.61 Å². The molecule has 1 aliphatic heterocycles. The molecule has 1 aromatic carbocycles. The fraction of sp³-hybridized carbons (Fsp3) is 0.474. The number of aromatic nitrogens is 4. The number of fused-ring (bicyclic) bond motifs is 1. The molecule has 1 aliphatic rings. The highest BCUT2D eigenvalue weighted by Gasteiger charge is 2.32. The van der Waals surface area contributed by atoms with E-state index in [1.165, 1.54) is 4.90 Å². The predicted octanol–water partition coefficient (Wildman–Crippen LogP) is 3.49. The number of alkyl halides is 3. The van der Waals surface area contributed by atoms with E-state index in [2.05, 4.69) is 20.0 Å². The minimum Gasteiger partial charge on any atom is -0.440 e. The maximum Gasteiger partial charge on any atom is 0.422 e. The summed E-state index contributed by atoms with van der Waals surface area (Å²) < 4.78 is 48.2. The third-order valence-electron chi connectivity index (χ3n) is 4.93. The number of nitrogens with zero attached hydrogens (tertiary/aromatic N) is 6. The molecule has 0 aliphatic carbocycles. The van der Waals surface area contributed by atoms with Crippen molar-refractivity contribution in [1.29, 1.82) is 0 Å². The summed E-state index contributed by atoms with van der Waals surface area (Å²) in [7, 11) is 0. The van der Waals surface area contributed by atoms with Crippen LogP contribution in [0.15, 0.2) is 28.9 Å². The Bertz CT molecular complexity index is 1070. The van der Waals surface area contributed by atoms with Gasteiger partial charge in [-0.2, -0.15) is 23.3 Å². The van der Waals surface area contributed by atoms with Gasteiger partial charge in [0.2, 0.25) is 5.82 Å². The molecule has 0 saturated carbocycles. The Morgan fingerprint density at radius 1 is 1.23 bits per heavy atom. The maximum atomic E-state index is 12.2. The molecule has 2 aromatic heterocycles. The smallest absolute Gasteiger partial charge is 0.422 e. The molecule has 3 heterocycles. The van der Waals surface area contributed by atoms with E-state index < -0.39 is 18.9 Å². The van der Waals surface area contributed by atoms with Crippen LogP contribution in [-0.4, -0.2) is 69.9 Å². The van der Waals surface area contributed by atoms with Crippen LogP contribution in [0.1, 0.15) is 19.9 Å². The minimum atomic E-state index is -4.55. The molecule has 12 heteroatoms. The highest BCUT2D eigenvalue weighted by atomic mass is 19.4. The van der Waals surface area contributed by atoms with Crippen molar-refractivity contribution in [3.63, 3.8) is 0 Å². The van der Waals surface area contributed by atoms with Gasteiger partial charge in [-0.15, -0.1) is 0 Å². The zero-order chi connectivity index (χ0) is 22.2. The number of carbonyl (C=O) groups excluding carboxylic acids is 1. The van der Waals surface area contributed by atoms with Gasteiger partial charge < -0.3 is 19.1 Å². The SMILES string of the molecule is CC(C)n1ncc2ccc(-c3noc(N4CCN(C(=O)OCC(F)(F)F)CC4)n3)cc21. The molecule has 0 unspecified atom stereocenters. The largest absolute Gasteiger partial charge is 0.440 e. The van der Waals surface area contributed by atoms with Crippen LogP contribution in [-0.2, 0) is 4.74 Å². The summed E-state index contributed by atoms with van der Waals surface area (Å²) in [6.07, 6.45) is -3.73. The van der Waals surface area contributed by atoms with Crippen molar-refractivity contribution < 1.29 is 27.2 Å². The maximum absolute atomic E-state index is 12.2. The number of anilines is 1. The van der Waals surface area contributed by atoms with Crippen molar-refractivity contribution >= 4 is 23.0 Å². The first-order valence-corrected chi connectivity index (χ1v) is 9.76. The number of hydrogen-bond acceptors (Lipinski definition) is 7. The van der Waals surface area contributed by atoms with Gasteiger partial charge in [-0.05, 0) is 19.9 Å². The van der Waals surface area contributed by atoms with Crippen molar-refractivity contribution in [2.45, 2.75) is 26.1 Å². The van der Waals surface area contributed by atoms with Crippen molar-refractivity contribution in [2.75, 3.05) is 37.7 Å². The number of ether oxygens (including phenoxy) is 1. The number of halogens is 3. The molecule has 4 rings (SSSR count). The Hall–Kier alpha value is -3.31. The summed E-state index contributed by atoms with van der Waals surface area (Å²) in [5.74, 6) is 0.417. The van der Waals surface area contributed by atoms with Crippen LogP contribution in [0, 0.1) is 0 Å². The van der Waals surface area contributed by atoms with Gasteiger partial charge >= 0.3 is 18.3 Å². The molecule has 166 valence electrons. The predicted molar refractivity (Wildman–Crippen MR) is 105 cm³/mol. The quantitative estimate of drug-likeness (QED) is 0.616. The lowest BCUT2D eigenvalue weighted by atomic mass is 10.1. The molecule has 0 spiro atoms. The third-order valence-corrected chi connectivity index (χ3v) is 4.93. The fourth-order valence-corrected chi connectivity index (χ4v) is 3.36. The normalized spacial score (nSPS) is 15.2. The summed E-state index contributed by atoms with van der Waals surface area (Å²) in [5.41, 5.74) is 1.74. The van der Waals surface area contributed by atoms with Gasteiger partial charge in [-0.3, -0.25) is 4.68 Å². The number of carbonyl (C=O) groups is 1. The zero-order valence-corrected chi connectivity index (χ0v) is 17.0. The molecule has 1 amide bonds. The third kappa shape index (κ3) is 4.57. The molecule has 0 N–H and O–H groups in total. The van der Waals surface area contributed by atoms with Crippen LogP contribution in [0.25, 0.3) is 22.3 Å². The molecule has 0 atom stereocenters. The summed E-state index contributed by atoms with van der Waals surface area (Å²) in [6.45, 7) is 3.54. The van der Waals surface area contributed by atoms with Crippen LogP contribution >= 0.6 is 0 Å². The van der Waals surface area contributed by atoms with E-state index in [1.807, 2.05) is 36.7 Å². The number of hydrogen-bond donors (Lipinski definition) is 0. The first-order valence-electron chi connectivity index (χ1n) is 9.76. The van der Waals surface area contributed by atoms with E-state index in [4.69, 9.17) is 4.52 Å². The first-order chi connectivity index (χ1) is 14.7. The van der Waals surface area contributed by atoms with E-state index in [0.29, 0.717) is 18.9 Å². The van der Waals surface area contributed by atoms with E-state index in [-0.39, 0.29) is 25.1 Å². The van der Waals surface area contributed by atoms with Gasteiger partial charge in [0, 0.05) is 43.2 Å². The van der Waals surface area contributed by atoms with E-state index in [0.717, 1.165) is 16.5 Å². The van der Waals surface area contributed by atoms with E-state index in [9.17, 15) is 18.0 Å². The molecule has 1 fully saturated rings. The average Bonchev–Trinajstić information content (AvgIpc) is 3.38. The highest BCUT2D eigenvalue weighted by Crippen LogP contribution is 2.26. The van der Waals surface area contributed by atoms with E-state index in [1.54, 1.807) is 11.1 Å². The van der Waals surface area contributed by atoms with Gasteiger partial charge in [-0.25, -0.2) is 4.79 Å². The van der Waals surface area contributed by atoms with Crippen molar-refractivity contribution in [1.82, 2.24) is 24.8 Å². The minimum absolute atomic E-state index is 0.188. The van der Waals surface area contributed by atoms with Crippen molar-refractivity contribution in [3.8, 4) is 11.4 Å². The second-order valence-electron chi connectivity index (χ2n) is 7.50. The van der Waals surface area contributed by atoms with Gasteiger partial charge in [0.25, 0.3) is 0 Å². The zero-order valence-electron chi connectivity index (χ0n) is 17.0. The lowest BCUT2D eigenvalue weighted by Gasteiger charge is -2.32. The Kier molecular flexibility index (Phi) is 5.46. The van der Waals surface area contributed by atoms with Gasteiger partial charge in [0.05, 0.1) is 11.7 Å². The van der Waals surface area contributed by atoms with Crippen LogP contribution < -0.4 is 4.90 Å². The number of amides is 1. The molecule has 9 nitrogen and oxygen atoms in total. The summed E-state index contributed by atoms with van der Waals surface area (Å²) >= 11 is 0. The Balaban J connectivity index is 1.41. The lowest BCUT2D eigenvalue weighted by Crippen LogP contribution is -2.49. The van der Waals surface area contributed by atoms with Crippen molar-refractivity contribution in [2.24, 2.45) is 0 Å². The van der Waals surface area contributed by atoms with Gasteiger partial charge in [0.1, 0.15) is 0 Å². The molecular weight excluding hydrogens is 417 g/mol.